The van der Waals surface area contributed by atoms with E-state index in [2.05, 4.69) is 15.5 Å². The lowest BCUT2D eigenvalue weighted by atomic mass is 10.0. The Balaban J connectivity index is 2.74. The van der Waals surface area contributed by atoms with Crippen molar-refractivity contribution in [2.45, 2.75) is 32.5 Å². The molecule has 21 heavy (non-hydrogen) atoms. The van der Waals surface area contributed by atoms with Crippen LogP contribution in [0, 0.1) is 13.8 Å². The zero-order valence-electron chi connectivity index (χ0n) is 11.6. The minimum absolute atomic E-state index is 0.353. The number of hydrogen-bond donors (Lipinski definition) is 4. The minimum Gasteiger partial charge on any atom is -0.480 e. The number of aromatic nitrogens is 2. The van der Waals surface area contributed by atoms with Gasteiger partial charge in [0.25, 0.3) is 0 Å². The number of aromatic amines is 1. The number of carbonyl (C=O) groups is 2. The Kier molecular flexibility index (Phi) is 4.62. The van der Waals surface area contributed by atoms with Crippen molar-refractivity contribution in [3.63, 3.8) is 0 Å². The Hall–Kier alpha value is -2.10. The van der Waals surface area contributed by atoms with E-state index in [4.69, 9.17) is 5.11 Å². The summed E-state index contributed by atoms with van der Waals surface area (Å²) >= 11 is 0. The van der Waals surface area contributed by atoms with Crippen LogP contribution in [0.3, 0.4) is 0 Å². The molecule has 118 valence electrons. The summed E-state index contributed by atoms with van der Waals surface area (Å²) in [4.78, 5) is 22.4. The Morgan fingerprint density at radius 1 is 1.33 bits per heavy atom. The topological polar surface area (TPSA) is 107 Å². The number of carboxylic acids is 1. The number of aliphatic carboxylic acids is 1. The van der Waals surface area contributed by atoms with E-state index in [1.165, 1.54) is 0 Å². The van der Waals surface area contributed by atoms with Crippen LogP contribution in [0.15, 0.2) is 0 Å². The van der Waals surface area contributed by atoms with E-state index in [1.54, 1.807) is 19.2 Å². The molecule has 1 aromatic rings. The second-order valence-electron chi connectivity index (χ2n) is 4.64. The fraction of sp³-hybridized carbons (Fsp3) is 0.545. The highest BCUT2D eigenvalue weighted by atomic mass is 19.4. The normalized spacial score (nSPS) is 14.6. The fourth-order valence-corrected chi connectivity index (χ4v) is 1.47. The first-order valence-corrected chi connectivity index (χ1v) is 5.85. The summed E-state index contributed by atoms with van der Waals surface area (Å²) in [7, 11) is 0. The summed E-state index contributed by atoms with van der Waals surface area (Å²) in [6.45, 7) is 2.87. The molecule has 0 aliphatic rings. The van der Waals surface area contributed by atoms with Crippen molar-refractivity contribution in [3.8, 4) is 0 Å². The van der Waals surface area contributed by atoms with E-state index >= 15 is 0 Å². The lowest BCUT2D eigenvalue weighted by Crippen LogP contribution is -2.61. The van der Waals surface area contributed by atoms with Crippen LogP contribution in [-0.4, -0.2) is 45.4 Å². The van der Waals surface area contributed by atoms with Crippen LogP contribution in [0.4, 0.5) is 18.9 Å². The van der Waals surface area contributed by atoms with Gasteiger partial charge in [0, 0.05) is 0 Å². The summed E-state index contributed by atoms with van der Waals surface area (Å²) in [6.07, 6.45) is -5.04. The fourth-order valence-electron chi connectivity index (χ4n) is 1.47. The number of nitrogens with zero attached hydrogens (tertiary/aromatic N) is 1. The molecule has 0 aromatic carbocycles. The van der Waals surface area contributed by atoms with Gasteiger partial charge in [-0.25, -0.2) is 4.79 Å². The summed E-state index contributed by atoms with van der Waals surface area (Å²) in [5, 5.41) is 19.2. The Bertz CT molecular complexity index is 536. The Morgan fingerprint density at radius 2 is 1.90 bits per heavy atom. The molecule has 7 nitrogen and oxygen atoms in total. The lowest BCUT2D eigenvalue weighted by molar-refractivity contribution is -0.205. The van der Waals surface area contributed by atoms with Crippen LogP contribution in [0.2, 0.25) is 0 Å². The Morgan fingerprint density at radius 3 is 2.29 bits per heavy atom. The summed E-state index contributed by atoms with van der Waals surface area (Å²) in [6, 6.07) is 0. The van der Waals surface area contributed by atoms with Crippen molar-refractivity contribution >= 4 is 17.6 Å². The molecule has 0 saturated carbocycles. The van der Waals surface area contributed by atoms with E-state index in [0.29, 0.717) is 24.0 Å². The van der Waals surface area contributed by atoms with Crippen LogP contribution >= 0.6 is 0 Å². The highest BCUT2D eigenvalue weighted by Crippen LogP contribution is 2.30. The molecule has 1 heterocycles. The third-order valence-electron chi connectivity index (χ3n) is 2.99. The largest absolute Gasteiger partial charge is 0.480 e. The number of carbonyl (C=O) groups excluding carboxylic acids is 1. The van der Waals surface area contributed by atoms with Crippen LogP contribution < -0.4 is 10.6 Å². The summed E-state index contributed by atoms with van der Waals surface area (Å²) < 4.78 is 38.2. The first kappa shape index (κ1) is 17.0. The van der Waals surface area contributed by atoms with Crippen molar-refractivity contribution in [1.82, 2.24) is 15.5 Å². The lowest BCUT2D eigenvalue weighted by Gasteiger charge is -2.28. The molecular formula is C11H15F3N4O3. The SMILES string of the molecule is Cc1n[nH]c(C)c1NC(=O)CNC(C)(C(=O)O)C(F)(F)F. The molecule has 0 aliphatic carbocycles. The van der Waals surface area contributed by atoms with E-state index in [-0.39, 0.29) is 0 Å². The number of H-pyrrole nitrogens is 1. The highest BCUT2D eigenvalue weighted by Gasteiger charge is 2.57. The number of anilines is 1. The third-order valence-corrected chi connectivity index (χ3v) is 2.99. The maximum Gasteiger partial charge on any atom is 0.417 e. The first-order chi connectivity index (χ1) is 9.49. The van der Waals surface area contributed by atoms with Gasteiger partial charge in [0.05, 0.1) is 23.6 Å². The number of rotatable bonds is 5. The van der Waals surface area contributed by atoms with Crippen molar-refractivity contribution in [3.05, 3.63) is 11.4 Å². The molecular weight excluding hydrogens is 293 g/mol. The van der Waals surface area contributed by atoms with Crippen LogP contribution in [0.1, 0.15) is 18.3 Å². The van der Waals surface area contributed by atoms with E-state index < -0.39 is 30.1 Å². The number of hydrogen-bond acceptors (Lipinski definition) is 4. The van der Waals surface area contributed by atoms with Gasteiger partial charge in [-0.1, -0.05) is 0 Å². The van der Waals surface area contributed by atoms with Gasteiger partial charge < -0.3 is 10.4 Å². The molecule has 0 fully saturated rings. The number of carboxylic acid groups (broad SMARTS) is 1. The number of amides is 1. The maximum absolute atomic E-state index is 12.7. The molecule has 1 aromatic heterocycles. The number of alkyl halides is 3. The molecule has 0 aliphatic heterocycles. The van der Waals surface area contributed by atoms with Gasteiger partial charge in [0.2, 0.25) is 11.4 Å². The average Bonchev–Trinajstić information content (AvgIpc) is 2.66. The number of nitrogens with one attached hydrogen (secondary N) is 3. The predicted octanol–water partition coefficient (Wildman–Crippen LogP) is 0.960. The molecule has 4 N–H and O–H groups in total. The standard InChI is InChI=1S/C11H15F3N4O3/c1-5-8(6(2)18-17-5)16-7(19)4-15-10(3,9(20)21)11(12,13)14/h15H,4H2,1-3H3,(H,16,19)(H,17,18)(H,20,21). The van der Waals surface area contributed by atoms with Crippen molar-refractivity contribution in [2.24, 2.45) is 0 Å². The molecule has 1 unspecified atom stereocenters. The van der Waals surface area contributed by atoms with Crippen molar-refractivity contribution < 1.29 is 27.9 Å². The van der Waals surface area contributed by atoms with E-state index in [1.807, 2.05) is 0 Å². The monoisotopic (exact) mass is 308 g/mol. The van der Waals surface area contributed by atoms with Gasteiger partial charge >= 0.3 is 12.1 Å². The van der Waals surface area contributed by atoms with Crippen LogP contribution in [0.25, 0.3) is 0 Å². The predicted molar refractivity (Wildman–Crippen MR) is 66.8 cm³/mol. The molecule has 0 bridgehead atoms. The van der Waals surface area contributed by atoms with E-state index in [9.17, 15) is 22.8 Å². The van der Waals surface area contributed by atoms with Gasteiger partial charge in [0.1, 0.15) is 0 Å². The zero-order valence-corrected chi connectivity index (χ0v) is 11.6. The van der Waals surface area contributed by atoms with Crippen LogP contribution in [0.5, 0.6) is 0 Å². The second-order valence-corrected chi connectivity index (χ2v) is 4.64. The van der Waals surface area contributed by atoms with Gasteiger partial charge in [-0.2, -0.15) is 18.3 Å². The highest BCUT2D eigenvalue weighted by molar-refractivity contribution is 5.94. The summed E-state index contributed by atoms with van der Waals surface area (Å²) in [5.74, 6) is -2.92. The average molecular weight is 308 g/mol. The molecule has 0 spiro atoms. The molecule has 0 radical (unpaired) electrons. The Labute approximate surface area is 117 Å². The zero-order chi connectivity index (χ0) is 16.4. The summed E-state index contributed by atoms with van der Waals surface area (Å²) in [5.41, 5.74) is -1.84. The minimum atomic E-state index is -5.04. The number of aryl methyl sites for hydroxylation is 2. The molecule has 1 rings (SSSR count). The molecule has 10 heteroatoms. The quantitative estimate of drug-likeness (QED) is 0.648. The maximum atomic E-state index is 12.7. The van der Waals surface area contributed by atoms with Crippen molar-refractivity contribution in [1.29, 1.82) is 0 Å². The van der Waals surface area contributed by atoms with Gasteiger partial charge in [0.15, 0.2) is 0 Å². The van der Waals surface area contributed by atoms with Gasteiger partial charge in [-0.3, -0.25) is 15.2 Å². The van der Waals surface area contributed by atoms with E-state index in [0.717, 1.165) is 0 Å². The molecule has 1 atom stereocenters. The molecule has 1 amide bonds. The van der Waals surface area contributed by atoms with Gasteiger partial charge in [-0.05, 0) is 20.8 Å². The van der Waals surface area contributed by atoms with Gasteiger partial charge in [-0.15, -0.1) is 0 Å². The van der Waals surface area contributed by atoms with Crippen LogP contribution in [-0.2, 0) is 9.59 Å². The smallest absolute Gasteiger partial charge is 0.417 e. The number of halogens is 3. The second kappa shape index (κ2) is 5.72. The third kappa shape index (κ3) is 3.51. The first-order valence-electron chi connectivity index (χ1n) is 5.85. The van der Waals surface area contributed by atoms with Crippen molar-refractivity contribution in [2.75, 3.05) is 11.9 Å². The molecule has 0 saturated heterocycles.